The van der Waals surface area contributed by atoms with E-state index in [1.165, 1.54) is 134 Å². The molecule has 482 valence electrons. The van der Waals surface area contributed by atoms with Crippen LogP contribution in [0.1, 0.15) is 284 Å². The van der Waals surface area contributed by atoms with E-state index >= 15 is 0 Å². The van der Waals surface area contributed by atoms with E-state index in [9.17, 15) is 29.1 Å². The highest BCUT2D eigenvalue weighted by molar-refractivity contribution is 5.78. The third-order valence-corrected chi connectivity index (χ3v) is 21.1. The van der Waals surface area contributed by atoms with Crippen LogP contribution < -0.4 is 9.47 Å². The molecule has 8 rings (SSSR count). The van der Waals surface area contributed by atoms with E-state index in [1.807, 2.05) is 6.92 Å². The number of hydrogen-bond donors (Lipinski definition) is 1. The number of unbranched alkanes of at least 4 members (excludes halogenated alkanes) is 24. The third-order valence-electron chi connectivity index (χ3n) is 21.1. The lowest BCUT2D eigenvalue weighted by molar-refractivity contribution is -0.312. The van der Waals surface area contributed by atoms with Crippen molar-refractivity contribution in [2.24, 2.45) is 22.7 Å². The van der Waals surface area contributed by atoms with Crippen molar-refractivity contribution >= 4 is 30.0 Å². The second-order valence-electron chi connectivity index (χ2n) is 27.9. The summed E-state index contributed by atoms with van der Waals surface area (Å²) in [4.78, 5) is 67.9. The van der Waals surface area contributed by atoms with Crippen LogP contribution in [0.5, 0.6) is 11.5 Å². The average Bonchev–Trinajstić information content (AvgIpc) is 1.61. The average molecular weight is 1190 g/mol. The lowest BCUT2D eigenvalue weighted by atomic mass is 9.33. The Labute approximate surface area is 511 Å². The molecular formula is C70H113NO14. The molecule has 5 fully saturated rings. The highest BCUT2D eigenvalue weighted by Crippen LogP contribution is 2.78. The minimum atomic E-state index is -1.09. The number of nitrogens with zero attached hydrogens (tertiary/aromatic N) is 1. The van der Waals surface area contributed by atoms with Gasteiger partial charge in [-0.25, -0.2) is 4.79 Å². The molecule has 7 aliphatic rings. The van der Waals surface area contributed by atoms with Crippen LogP contribution in [0.15, 0.2) is 12.1 Å². The normalized spacial score (nSPS) is 24.3. The number of likely N-dealkylation sites (tertiary alicyclic amines) is 1. The first kappa shape index (κ1) is 68.5. The molecule has 0 radical (unpaired) electrons. The zero-order valence-corrected chi connectivity index (χ0v) is 53.9. The van der Waals surface area contributed by atoms with Crippen molar-refractivity contribution in [3.05, 3.63) is 23.3 Å². The lowest BCUT2D eigenvalue weighted by Gasteiger charge is -2.75. The van der Waals surface area contributed by atoms with Crippen LogP contribution in [-0.2, 0) is 59.4 Å². The molecule has 85 heavy (non-hydrogen) atoms. The first-order chi connectivity index (χ1) is 41.0. The predicted molar refractivity (Wildman–Crippen MR) is 328 cm³/mol. The number of esters is 4. The molecule has 2 aliphatic heterocycles. The number of carbonyl (C=O) groups excluding carboxylic acids is 5. The zero-order chi connectivity index (χ0) is 60.9. The number of fused-ring (bicyclic) bond motifs is 2. The quantitative estimate of drug-likeness (QED) is 0.0214. The van der Waals surface area contributed by atoms with E-state index in [0.29, 0.717) is 18.6 Å². The molecule has 15 heteroatoms. The highest BCUT2D eigenvalue weighted by Gasteiger charge is 2.82. The van der Waals surface area contributed by atoms with Gasteiger partial charge in [0.15, 0.2) is 17.6 Å². The van der Waals surface area contributed by atoms with Crippen molar-refractivity contribution in [1.29, 1.82) is 0 Å². The molecule has 2 spiro atoms. The Morgan fingerprint density at radius 1 is 0.635 bits per heavy atom. The Bertz CT molecular complexity index is 2230. The van der Waals surface area contributed by atoms with Gasteiger partial charge in [0.2, 0.25) is 6.79 Å². The maximum absolute atomic E-state index is 13.4. The second-order valence-corrected chi connectivity index (χ2v) is 27.9. The third kappa shape index (κ3) is 17.7. The SMILES string of the molecule is CCCCCCCCCCCCCCCC(=O)OCC(COC(=O)CCCCCCCCCCCCCCC)OC(=O)CCC(=O)OCOC(=O)Oc1ccc2c3c1O[C@H]1[C@]4(OC)CC[C@@]5(C[C@@H]4[C@](C)(O)C(C)(C)C)C(C2)N(CC2CC2)CC[C@]315. The van der Waals surface area contributed by atoms with Crippen LogP contribution in [0.4, 0.5) is 4.79 Å². The monoisotopic (exact) mass is 1190 g/mol. The van der Waals surface area contributed by atoms with Crippen LogP contribution in [0.25, 0.3) is 0 Å². The number of carbonyl (C=O) groups is 5. The Morgan fingerprint density at radius 2 is 1.14 bits per heavy atom. The van der Waals surface area contributed by atoms with E-state index < -0.39 is 71.1 Å². The summed E-state index contributed by atoms with van der Waals surface area (Å²) in [5.41, 5.74) is -0.659. The van der Waals surface area contributed by atoms with Gasteiger partial charge >= 0.3 is 30.0 Å². The number of hydrogen-bond acceptors (Lipinski definition) is 15. The van der Waals surface area contributed by atoms with Gasteiger partial charge in [0.1, 0.15) is 24.9 Å². The van der Waals surface area contributed by atoms with Gasteiger partial charge in [-0.1, -0.05) is 195 Å². The van der Waals surface area contributed by atoms with Crippen LogP contribution in [-0.4, -0.2) is 110 Å². The smallest absolute Gasteiger partial charge is 0.482 e. The minimum Gasteiger partial charge on any atom is -0.482 e. The van der Waals surface area contributed by atoms with Crippen molar-refractivity contribution in [2.45, 2.75) is 314 Å². The van der Waals surface area contributed by atoms with E-state index in [4.69, 9.17) is 37.9 Å². The van der Waals surface area contributed by atoms with Crippen molar-refractivity contribution in [1.82, 2.24) is 4.90 Å². The largest absolute Gasteiger partial charge is 0.516 e. The molecule has 0 amide bonds. The summed E-state index contributed by atoms with van der Waals surface area (Å²) in [6.45, 7) is 13.4. The molecule has 5 aliphatic carbocycles. The van der Waals surface area contributed by atoms with Crippen LogP contribution in [0.3, 0.4) is 0 Å². The summed E-state index contributed by atoms with van der Waals surface area (Å²) < 4.78 is 47.0. The van der Waals surface area contributed by atoms with Crippen LogP contribution in [0.2, 0.25) is 0 Å². The fraction of sp³-hybridized carbons (Fsp3) is 0.843. The summed E-state index contributed by atoms with van der Waals surface area (Å²) in [5, 5.41) is 12.6. The maximum atomic E-state index is 13.4. The second kappa shape index (κ2) is 33.0. The van der Waals surface area contributed by atoms with Gasteiger partial charge < -0.3 is 43.0 Å². The minimum absolute atomic E-state index is 0.194. The van der Waals surface area contributed by atoms with Gasteiger partial charge in [-0.15, -0.1) is 0 Å². The molecule has 2 heterocycles. The van der Waals surface area contributed by atoms with Gasteiger partial charge in [0, 0.05) is 54.8 Å². The first-order valence-electron chi connectivity index (χ1n) is 34.3. The zero-order valence-electron chi connectivity index (χ0n) is 53.9. The van der Waals surface area contributed by atoms with Gasteiger partial charge in [0.25, 0.3) is 0 Å². The number of piperidine rings is 1. The number of aliphatic hydroxyl groups is 1. The molecule has 1 unspecified atom stereocenters. The summed E-state index contributed by atoms with van der Waals surface area (Å²) in [5.74, 6) is -1.18. The molecule has 4 bridgehead atoms. The molecule has 4 saturated carbocycles. The standard InChI is InChI=1S/C70H113NO14/c1-8-10-12-14-16-18-20-22-24-26-28-30-32-34-58(72)79-49-54(50-80-59(73)35-33-31-29-27-25-23-21-19-17-15-13-11-9-2)83-61(75)41-40-60(74)81-51-82-65(76)84-55-39-38-53-46-57-68-42-43-70(78-7,56(47-68)67(6,77)66(3,4)5)64-69(68,62(53)63(55)85-64)44-45-71(57)48-52-36-37-52/h38-39,52,54,56-57,64,77H,8-37,40-51H2,1-7H3/t56-,57?,64-,67+,68-,69+,70+/m1/s1. The van der Waals surface area contributed by atoms with Gasteiger partial charge in [-0.2, -0.15) is 0 Å². The van der Waals surface area contributed by atoms with E-state index in [1.54, 1.807) is 13.2 Å². The molecule has 1 aromatic rings. The van der Waals surface area contributed by atoms with Crippen LogP contribution in [0, 0.1) is 22.7 Å². The molecule has 1 saturated heterocycles. The van der Waals surface area contributed by atoms with Crippen molar-refractivity contribution in [3.8, 4) is 11.5 Å². The molecule has 15 nitrogen and oxygen atoms in total. The van der Waals surface area contributed by atoms with E-state index in [0.717, 1.165) is 95.2 Å². The molecular weight excluding hydrogens is 1080 g/mol. The molecule has 1 aromatic carbocycles. The summed E-state index contributed by atoms with van der Waals surface area (Å²) in [6.07, 6.45) is 34.9. The summed E-state index contributed by atoms with van der Waals surface area (Å²) >= 11 is 0. The summed E-state index contributed by atoms with van der Waals surface area (Å²) in [6, 6.07) is 4.09. The number of rotatable bonds is 43. The van der Waals surface area contributed by atoms with Crippen molar-refractivity contribution in [2.75, 3.05) is 40.2 Å². The number of ether oxygens (including phenoxy) is 8. The van der Waals surface area contributed by atoms with Gasteiger partial charge in [-0.3, -0.25) is 24.1 Å². The van der Waals surface area contributed by atoms with Crippen molar-refractivity contribution < 1.29 is 67.0 Å². The molecule has 7 atom stereocenters. The highest BCUT2D eigenvalue weighted by atomic mass is 16.8. The maximum Gasteiger partial charge on any atom is 0.516 e. The fourth-order valence-corrected chi connectivity index (χ4v) is 15.6. The Balaban J connectivity index is 0.860. The van der Waals surface area contributed by atoms with Crippen LogP contribution >= 0.6 is 0 Å². The van der Waals surface area contributed by atoms with E-state index in [2.05, 4.69) is 45.6 Å². The molecule has 1 N–H and O–H groups in total. The Kier molecular flexibility index (Phi) is 26.6. The summed E-state index contributed by atoms with van der Waals surface area (Å²) in [7, 11) is 1.76. The van der Waals surface area contributed by atoms with Gasteiger partial charge in [-0.05, 0) is 94.2 Å². The Hall–Kier alpha value is -3.95. The lowest BCUT2D eigenvalue weighted by Crippen LogP contribution is -2.83. The molecule has 0 aromatic heterocycles. The number of benzene rings is 1. The fourth-order valence-electron chi connectivity index (χ4n) is 15.6. The van der Waals surface area contributed by atoms with E-state index in [-0.39, 0.29) is 62.0 Å². The van der Waals surface area contributed by atoms with Crippen molar-refractivity contribution in [3.63, 3.8) is 0 Å². The Morgan fingerprint density at radius 3 is 1.65 bits per heavy atom. The topological polar surface area (TPSA) is 183 Å². The number of methoxy groups -OCH3 is 1. The predicted octanol–water partition coefficient (Wildman–Crippen LogP) is 15.5. The first-order valence-corrected chi connectivity index (χ1v) is 34.3. The van der Waals surface area contributed by atoms with Gasteiger partial charge in [0.05, 0.1) is 18.4 Å².